The van der Waals surface area contributed by atoms with Crippen LogP contribution in [0.1, 0.15) is 61.3 Å². The van der Waals surface area contributed by atoms with Crippen molar-refractivity contribution in [1.29, 1.82) is 0 Å². The van der Waals surface area contributed by atoms with Crippen molar-refractivity contribution >= 4 is 0 Å². The molecular weight excluding hydrogens is 168 g/mol. The minimum atomic E-state index is 0.671. The van der Waals surface area contributed by atoms with Gasteiger partial charge in [-0.25, -0.2) is 0 Å². The number of hydrogen-bond donors (Lipinski definition) is 0. The highest BCUT2D eigenvalue weighted by Crippen LogP contribution is 2.39. The van der Waals surface area contributed by atoms with E-state index in [1.165, 1.54) is 18.4 Å². The van der Waals surface area contributed by atoms with Crippen LogP contribution in [0.4, 0.5) is 0 Å². The van der Waals surface area contributed by atoms with Crippen molar-refractivity contribution in [3.05, 3.63) is 34.4 Å². The summed E-state index contributed by atoms with van der Waals surface area (Å²) in [6.45, 7) is 9.23. The average Bonchev–Trinajstić information content (AvgIpc) is 2.50. The molecule has 0 aromatic heterocycles. The second-order valence-electron chi connectivity index (χ2n) is 4.96. The molecule has 0 radical (unpaired) electrons. The third-order valence-electron chi connectivity index (χ3n) is 3.57. The summed E-state index contributed by atoms with van der Waals surface area (Å²) in [7, 11) is 0. The fraction of sp³-hybridized carbons (Fsp3) is 0.571. The lowest BCUT2D eigenvalue weighted by atomic mass is 9.89. The standard InChI is InChI=1S/C14H20/c1-9(2)12-7-5-10(3)13-8-6-11(4)14(12)13/h5,7,9,11H,6,8H2,1-4H3/t11-/m1/s1. The van der Waals surface area contributed by atoms with Gasteiger partial charge in [0.15, 0.2) is 0 Å². The highest BCUT2D eigenvalue weighted by Gasteiger charge is 2.23. The molecule has 2 rings (SSSR count). The van der Waals surface area contributed by atoms with Gasteiger partial charge in [-0.2, -0.15) is 0 Å². The van der Waals surface area contributed by atoms with Gasteiger partial charge in [-0.1, -0.05) is 32.9 Å². The van der Waals surface area contributed by atoms with Gasteiger partial charge in [0.25, 0.3) is 0 Å². The molecule has 1 aromatic rings. The van der Waals surface area contributed by atoms with Crippen LogP contribution in [0.25, 0.3) is 0 Å². The maximum Gasteiger partial charge on any atom is -0.0182 e. The summed E-state index contributed by atoms with van der Waals surface area (Å²) >= 11 is 0. The Labute approximate surface area is 87.3 Å². The number of fused-ring (bicyclic) bond motifs is 1. The summed E-state index contributed by atoms with van der Waals surface area (Å²) in [5, 5.41) is 0. The lowest BCUT2D eigenvalue weighted by Gasteiger charge is -2.16. The smallest absolute Gasteiger partial charge is 0.0182 e. The molecule has 1 aromatic carbocycles. The summed E-state index contributed by atoms with van der Waals surface area (Å²) in [4.78, 5) is 0. The third-order valence-corrected chi connectivity index (χ3v) is 3.57. The first-order valence-electron chi connectivity index (χ1n) is 5.73. The Hall–Kier alpha value is -0.780. The second-order valence-corrected chi connectivity index (χ2v) is 4.96. The Balaban J connectivity index is 2.60. The van der Waals surface area contributed by atoms with Gasteiger partial charge in [0.2, 0.25) is 0 Å². The van der Waals surface area contributed by atoms with E-state index in [9.17, 15) is 0 Å². The van der Waals surface area contributed by atoms with Gasteiger partial charge in [-0.05, 0) is 53.9 Å². The molecule has 0 bridgehead atoms. The van der Waals surface area contributed by atoms with E-state index in [2.05, 4.69) is 39.8 Å². The molecule has 0 N–H and O–H groups in total. The van der Waals surface area contributed by atoms with Gasteiger partial charge >= 0.3 is 0 Å². The molecule has 0 aliphatic heterocycles. The maximum absolute atomic E-state index is 2.37. The fourth-order valence-electron chi connectivity index (χ4n) is 2.71. The summed E-state index contributed by atoms with van der Waals surface area (Å²) in [6, 6.07) is 4.63. The first kappa shape index (κ1) is 9.76. The SMILES string of the molecule is Cc1ccc(C(C)C)c2c1CC[C@H]2C. The van der Waals surface area contributed by atoms with Crippen LogP contribution in [-0.4, -0.2) is 0 Å². The monoisotopic (exact) mass is 188 g/mol. The first-order valence-corrected chi connectivity index (χ1v) is 5.73. The number of aryl methyl sites for hydroxylation is 1. The van der Waals surface area contributed by atoms with Crippen molar-refractivity contribution in [2.24, 2.45) is 0 Å². The van der Waals surface area contributed by atoms with Crippen molar-refractivity contribution in [3.8, 4) is 0 Å². The minimum absolute atomic E-state index is 0.671. The molecule has 0 saturated carbocycles. The first-order chi connectivity index (χ1) is 6.61. The van der Waals surface area contributed by atoms with Gasteiger partial charge in [-0.3, -0.25) is 0 Å². The topological polar surface area (TPSA) is 0 Å². The quantitative estimate of drug-likeness (QED) is 0.620. The molecule has 0 spiro atoms. The molecule has 0 heterocycles. The highest BCUT2D eigenvalue weighted by atomic mass is 14.3. The van der Waals surface area contributed by atoms with Crippen molar-refractivity contribution in [2.45, 2.75) is 52.4 Å². The van der Waals surface area contributed by atoms with Crippen LogP contribution in [0, 0.1) is 6.92 Å². The average molecular weight is 188 g/mol. The van der Waals surface area contributed by atoms with Crippen molar-refractivity contribution < 1.29 is 0 Å². The van der Waals surface area contributed by atoms with Crippen molar-refractivity contribution in [3.63, 3.8) is 0 Å². The number of benzene rings is 1. The van der Waals surface area contributed by atoms with Crippen LogP contribution in [0.3, 0.4) is 0 Å². The van der Waals surface area contributed by atoms with Crippen molar-refractivity contribution in [2.75, 3.05) is 0 Å². The highest BCUT2D eigenvalue weighted by molar-refractivity contribution is 5.46. The van der Waals surface area contributed by atoms with E-state index in [4.69, 9.17) is 0 Å². The van der Waals surface area contributed by atoms with E-state index in [-0.39, 0.29) is 0 Å². The zero-order valence-electron chi connectivity index (χ0n) is 9.72. The molecule has 76 valence electrons. The Bertz CT molecular complexity index is 347. The fourth-order valence-corrected chi connectivity index (χ4v) is 2.71. The molecule has 0 unspecified atom stereocenters. The molecule has 0 amide bonds. The lowest BCUT2D eigenvalue weighted by molar-refractivity contribution is 0.729. The van der Waals surface area contributed by atoms with Gasteiger partial charge in [-0.15, -0.1) is 0 Å². The van der Waals surface area contributed by atoms with Crippen LogP contribution in [0.5, 0.6) is 0 Å². The van der Waals surface area contributed by atoms with Crippen LogP contribution in [-0.2, 0) is 6.42 Å². The summed E-state index contributed by atoms with van der Waals surface area (Å²) in [5.74, 6) is 1.45. The maximum atomic E-state index is 2.37. The van der Waals surface area contributed by atoms with E-state index in [1.807, 2.05) is 0 Å². The largest absolute Gasteiger partial charge is 0.0587 e. The van der Waals surface area contributed by atoms with E-state index >= 15 is 0 Å². The molecule has 0 fully saturated rings. The van der Waals surface area contributed by atoms with Gasteiger partial charge in [0.05, 0.1) is 0 Å². The summed E-state index contributed by atoms with van der Waals surface area (Å²) in [5.41, 5.74) is 6.38. The predicted molar refractivity (Wildman–Crippen MR) is 62.0 cm³/mol. The lowest BCUT2D eigenvalue weighted by Crippen LogP contribution is -1.99. The zero-order valence-corrected chi connectivity index (χ0v) is 9.72. The third kappa shape index (κ3) is 1.37. The Kier molecular flexibility index (Phi) is 2.38. The predicted octanol–water partition coefficient (Wildman–Crippen LogP) is 4.17. The Morgan fingerprint density at radius 3 is 2.64 bits per heavy atom. The molecule has 0 saturated heterocycles. The second kappa shape index (κ2) is 3.42. The van der Waals surface area contributed by atoms with E-state index < -0.39 is 0 Å². The van der Waals surface area contributed by atoms with Gasteiger partial charge in [0, 0.05) is 0 Å². The molecule has 0 nitrogen and oxygen atoms in total. The van der Waals surface area contributed by atoms with Gasteiger partial charge in [0.1, 0.15) is 0 Å². The Morgan fingerprint density at radius 1 is 1.29 bits per heavy atom. The molecule has 14 heavy (non-hydrogen) atoms. The van der Waals surface area contributed by atoms with Crippen molar-refractivity contribution in [1.82, 2.24) is 0 Å². The molecule has 1 aliphatic carbocycles. The van der Waals surface area contributed by atoms with Gasteiger partial charge < -0.3 is 0 Å². The summed E-state index contributed by atoms with van der Waals surface area (Å²) in [6.07, 6.45) is 2.64. The van der Waals surface area contributed by atoms with Crippen LogP contribution in [0.15, 0.2) is 12.1 Å². The van der Waals surface area contributed by atoms with E-state index in [0.717, 1.165) is 5.92 Å². The van der Waals surface area contributed by atoms with Crippen LogP contribution < -0.4 is 0 Å². The normalized spacial score (nSPS) is 20.2. The number of rotatable bonds is 1. The van der Waals surface area contributed by atoms with E-state index in [0.29, 0.717) is 5.92 Å². The molecular formula is C14H20. The molecule has 0 heteroatoms. The zero-order chi connectivity index (χ0) is 10.3. The summed E-state index contributed by atoms with van der Waals surface area (Å²) < 4.78 is 0. The molecule has 1 atom stereocenters. The molecule has 1 aliphatic rings. The van der Waals surface area contributed by atoms with Crippen LogP contribution in [0.2, 0.25) is 0 Å². The van der Waals surface area contributed by atoms with Crippen LogP contribution >= 0.6 is 0 Å². The number of hydrogen-bond acceptors (Lipinski definition) is 0. The minimum Gasteiger partial charge on any atom is -0.0587 e. The Morgan fingerprint density at radius 2 is 2.00 bits per heavy atom. The van der Waals surface area contributed by atoms with E-state index in [1.54, 1.807) is 16.7 Å².